The first-order chi connectivity index (χ1) is 10.5. The van der Waals surface area contributed by atoms with Gasteiger partial charge in [-0.15, -0.1) is 0 Å². The highest BCUT2D eigenvalue weighted by molar-refractivity contribution is 6.42. The van der Waals surface area contributed by atoms with E-state index < -0.39 is 11.9 Å². The molecule has 22 heavy (non-hydrogen) atoms. The van der Waals surface area contributed by atoms with Crippen molar-refractivity contribution in [3.05, 3.63) is 28.0 Å². The number of hydrogen-bond donors (Lipinski definition) is 3. The summed E-state index contributed by atoms with van der Waals surface area (Å²) in [5, 5.41) is 9.52. The second-order valence-electron chi connectivity index (χ2n) is 5.06. The fourth-order valence-electron chi connectivity index (χ4n) is 2.33. The Morgan fingerprint density at radius 3 is 2.77 bits per heavy atom. The first-order valence-corrected chi connectivity index (χ1v) is 7.77. The molecule has 0 spiro atoms. The second kappa shape index (κ2) is 7.28. The molecule has 4 N–H and O–H groups in total. The third-order valence-electron chi connectivity index (χ3n) is 3.44. The number of nitrogens with two attached hydrogens (primary N) is 1. The van der Waals surface area contributed by atoms with E-state index in [1.165, 1.54) is 0 Å². The lowest BCUT2D eigenvalue weighted by Crippen LogP contribution is -2.39. The Morgan fingerprint density at radius 1 is 1.45 bits per heavy atom. The van der Waals surface area contributed by atoms with Crippen LogP contribution < -0.4 is 11.2 Å². The van der Waals surface area contributed by atoms with Crippen molar-refractivity contribution in [2.45, 2.75) is 38.8 Å². The number of benzene rings is 1. The highest BCUT2D eigenvalue weighted by Gasteiger charge is 2.16. The summed E-state index contributed by atoms with van der Waals surface area (Å²) in [6.07, 6.45) is 1.82. The monoisotopic (exact) mass is 344 g/mol. The second-order valence-corrected chi connectivity index (χ2v) is 5.87. The maximum atomic E-state index is 11.3. The summed E-state index contributed by atoms with van der Waals surface area (Å²) >= 11 is 12.1. The number of nitrogens with zero attached hydrogens (tertiary/aromatic N) is 2. The van der Waals surface area contributed by atoms with Gasteiger partial charge in [0, 0.05) is 13.0 Å². The Morgan fingerprint density at radius 2 is 2.14 bits per heavy atom. The molecule has 1 heterocycles. The molecule has 0 aliphatic carbocycles. The van der Waals surface area contributed by atoms with E-state index in [1.807, 2.05) is 0 Å². The zero-order chi connectivity index (χ0) is 16.3. The number of amides is 1. The highest BCUT2D eigenvalue weighted by Crippen LogP contribution is 2.28. The van der Waals surface area contributed by atoms with E-state index >= 15 is 0 Å². The highest BCUT2D eigenvalue weighted by atomic mass is 35.5. The van der Waals surface area contributed by atoms with E-state index in [-0.39, 0.29) is 0 Å². The Bertz CT molecular complexity index is 687. The van der Waals surface area contributed by atoms with Crippen molar-refractivity contribution >= 4 is 40.1 Å². The number of nitrogens with one attached hydrogen (secondary N) is 1. The summed E-state index contributed by atoms with van der Waals surface area (Å²) < 4.78 is 2.06. The van der Waals surface area contributed by atoms with Gasteiger partial charge >= 0.3 is 0 Å². The number of carbonyl (C=O) groups is 1. The maximum Gasteiger partial charge on any atom is 0.260 e. The van der Waals surface area contributed by atoms with Gasteiger partial charge in [0.25, 0.3) is 5.91 Å². The molecule has 0 bridgehead atoms. The molecule has 1 aromatic heterocycles. The average Bonchev–Trinajstić information content (AvgIpc) is 2.82. The average molecular weight is 345 g/mol. The molecular weight excluding hydrogens is 327 g/mol. The number of aromatic nitrogens is 2. The van der Waals surface area contributed by atoms with Gasteiger partial charge in [-0.1, -0.05) is 30.1 Å². The molecule has 6 nitrogen and oxygen atoms in total. The molecule has 2 aromatic rings. The van der Waals surface area contributed by atoms with Crippen LogP contribution in [0.3, 0.4) is 0 Å². The molecular formula is C14H18Cl2N4O2. The molecule has 0 saturated heterocycles. The summed E-state index contributed by atoms with van der Waals surface area (Å²) in [5.41, 5.74) is 8.92. The predicted octanol–water partition coefficient (Wildman–Crippen LogP) is 2.52. The topological polar surface area (TPSA) is 93.2 Å². The smallest absolute Gasteiger partial charge is 0.260 e. The molecule has 1 amide bonds. The van der Waals surface area contributed by atoms with E-state index in [1.54, 1.807) is 17.6 Å². The van der Waals surface area contributed by atoms with Crippen molar-refractivity contribution in [1.82, 2.24) is 15.0 Å². The van der Waals surface area contributed by atoms with E-state index in [0.29, 0.717) is 22.9 Å². The van der Waals surface area contributed by atoms with Crippen LogP contribution in [0.5, 0.6) is 0 Å². The third-order valence-corrected chi connectivity index (χ3v) is 4.16. The van der Waals surface area contributed by atoms with Gasteiger partial charge in [-0.05, 0) is 25.0 Å². The molecule has 0 unspecified atom stereocenters. The van der Waals surface area contributed by atoms with Crippen LogP contribution in [0.25, 0.3) is 11.0 Å². The molecule has 1 atom stereocenters. The van der Waals surface area contributed by atoms with Gasteiger partial charge in [0.2, 0.25) is 0 Å². The van der Waals surface area contributed by atoms with Crippen LogP contribution in [0, 0.1) is 0 Å². The largest absolute Gasteiger partial charge is 0.328 e. The fourth-order valence-corrected chi connectivity index (χ4v) is 2.65. The van der Waals surface area contributed by atoms with Gasteiger partial charge in [-0.3, -0.25) is 10.0 Å². The van der Waals surface area contributed by atoms with Crippen molar-refractivity contribution in [2.24, 2.45) is 5.73 Å². The van der Waals surface area contributed by atoms with Gasteiger partial charge in [0.15, 0.2) is 0 Å². The number of hydroxylamine groups is 1. The molecule has 0 aliphatic rings. The van der Waals surface area contributed by atoms with Crippen LogP contribution in [-0.4, -0.2) is 26.7 Å². The standard InChI is InChI=1S/C14H18Cl2N4O2/c1-2-5-20-12-7-9(16)8(15)6-11(12)18-13(20)4-3-10(17)14(21)19-22/h6-7,10,22H,2-5,17H2,1H3,(H,19,21)/t10-/m0/s1. The Balaban J connectivity index is 2.32. The van der Waals surface area contributed by atoms with Gasteiger partial charge in [0.05, 0.1) is 27.1 Å². The van der Waals surface area contributed by atoms with Crippen LogP contribution in [0.4, 0.5) is 0 Å². The number of rotatable bonds is 6. The van der Waals surface area contributed by atoms with E-state index in [0.717, 1.165) is 29.8 Å². The zero-order valence-corrected chi connectivity index (χ0v) is 13.7. The van der Waals surface area contributed by atoms with Gasteiger partial charge in [-0.25, -0.2) is 10.5 Å². The lowest BCUT2D eigenvalue weighted by Gasteiger charge is -2.11. The first-order valence-electron chi connectivity index (χ1n) is 7.01. The van der Waals surface area contributed by atoms with Crippen LogP contribution in [0.2, 0.25) is 10.0 Å². The summed E-state index contributed by atoms with van der Waals surface area (Å²) in [6.45, 7) is 2.85. The van der Waals surface area contributed by atoms with E-state index in [2.05, 4.69) is 16.5 Å². The molecule has 2 rings (SSSR count). The molecule has 0 aliphatic heterocycles. The number of aryl methyl sites for hydroxylation is 2. The predicted molar refractivity (Wildman–Crippen MR) is 86.3 cm³/mol. The minimum atomic E-state index is -0.785. The van der Waals surface area contributed by atoms with Crippen LogP contribution in [0.15, 0.2) is 12.1 Å². The number of carbonyl (C=O) groups excluding carboxylic acids is 1. The van der Waals surface area contributed by atoms with Crippen LogP contribution >= 0.6 is 23.2 Å². The summed E-state index contributed by atoms with van der Waals surface area (Å²) in [6, 6.07) is 2.74. The van der Waals surface area contributed by atoms with Crippen molar-refractivity contribution in [3.63, 3.8) is 0 Å². The Kier molecular flexibility index (Phi) is 5.63. The van der Waals surface area contributed by atoms with Crippen LogP contribution in [0.1, 0.15) is 25.6 Å². The first kappa shape index (κ1) is 17.0. The zero-order valence-electron chi connectivity index (χ0n) is 12.1. The Hall–Kier alpha value is -1.34. The Labute approximate surface area is 138 Å². The van der Waals surface area contributed by atoms with E-state index in [9.17, 15) is 4.79 Å². The number of hydrogen-bond acceptors (Lipinski definition) is 4. The lowest BCUT2D eigenvalue weighted by molar-refractivity contribution is -0.130. The lowest BCUT2D eigenvalue weighted by atomic mass is 10.1. The van der Waals surface area contributed by atoms with Crippen molar-refractivity contribution in [2.75, 3.05) is 0 Å². The molecule has 8 heteroatoms. The normalized spacial score (nSPS) is 12.6. The fraction of sp³-hybridized carbons (Fsp3) is 0.429. The number of imidazole rings is 1. The SMILES string of the molecule is CCCn1c(CC[C@H](N)C(=O)NO)nc2cc(Cl)c(Cl)cc21. The van der Waals surface area contributed by atoms with Crippen molar-refractivity contribution in [3.8, 4) is 0 Å². The molecule has 0 radical (unpaired) electrons. The molecule has 0 fully saturated rings. The van der Waals surface area contributed by atoms with Gasteiger partial charge in [-0.2, -0.15) is 0 Å². The van der Waals surface area contributed by atoms with Crippen LogP contribution in [-0.2, 0) is 17.8 Å². The molecule has 120 valence electrons. The minimum absolute atomic E-state index is 0.376. The maximum absolute atomic E-state index is 11.3. The summed E-state index contributed by atoms with van der Waals surface area (Å²) in [7, 11) is 0. The number of halogens is 2. The number of fused-ring (bicyclic) bond motifs is 1. The molecule has 0 saturated carbocycles. The van der Waals surface area contributed by atoms with Crippen molar-refractivity contribution in [1.29, 1.82) is 0 Å². The van der Waals surface area contributed by atoms with Gasteiger partial charge in [0.1, 0.15) is 5.82 Å². The molecule has 1 aromatic carbocycles. The summed E-state index contributed by atoms with van der Waals surface area (Å²) in [4.78, 5) is 15.8. The van der Waals surface area contributed by atoms with E-state index in [4.69, 9.17) is 34.1 Å². The minimum Gasteiger partial charge on any atom is -0.328 e. The van der Waals surface area contributed by atoms with Crippen molar-refractivity contribution < 1.29 is 10.0 Å². The van der Waals surface area contributed by atoms with Gasteiger partial charge < -0.3 is 10.3 Å². The summed E-state index contributed by atoms with van der Waals surface area (Å²) in [5.74, 6) is 0.209. The third kappa shape index (κ3) is 3.52. The quantitative estimate of drug-likeness (QED) is 0.554.